The van der Waals surface area contributed by atoms with Gasteiger partial charge in [0.1, 0.15) is 0 Å². The fourth-order valence-corrected chi connectivity index (χ4v) is 3.64. The van der Waals surface area contributed by atoms with Crippen LogP contribution in [0.15, 0.2) is 59.7 Å². The van der Waals surface area contributed by atoms with Crippen molar-refractivity contribution in [1.29, 1.82) is 0 Å². The predicted molar refractivity (Wildman–Crippen MR) is 112 cm³/mol. The Morgan fingerprint density at radius 3 is 2.57 bits per heavy atom. The van der Waals surface area contributed by atoms with E-state index in [1.165, 1.54) is 0 Å². The first kappa shape index (κ1) is 18.7. The van der Waals surface area contributed by atoms with E-state index in [1.807, 2.05) is 36.4 Å². The van der Waals surface area contributed by atoms with E-state index < -0.39 is 0 Å². The van der Waals surface area contributed by atoms with E-state index in [9.17, 15) is 4.79 Å². The Kier molecular flexibility index (Phi) is 5.15. The van der Waals surface area contributed by atoms with Crippen LogP contribution in [-0.4, -0.2) is 33.7 Å². The number of anilines is 1. The van der Waals surface area contributed by atoms with Gasteiger partial charge in [-0.25, -0.2) is 4.98 Å². The molecule has 0 radical (unpaired) electrons. The van der Waals surface area contributed by atoms with Crippen molar-refractivity contribution in [1.82, 2.24) is 19.9 Å². The predicted octanol–water partition coefficient (Wildman–Crippen LogP) is 3.04. The van der Waals surface area contributed by atoms with E-state index in [2.05, 4.69) is 22.1 Å². The molecule has 3 aromatic rings. The molecule has 1 saturated heterocycles. The van der Waals surface area contributed by atoms with Gasteiger partial charge in [0.15, 0.2) is 0 Å². The average Bonchev–Trinajstić information content (AvgIpc) is 2.72. The summed E-state index contributed by atoms with van der Waals surface area (Å²) in [5, 5.41) is 4.30. The average molecular weight is 396 g/mol. The number of aromatic nitrogens is 3. The van der Waals surface area contributed by atoms with Gasteiger partial charge < -0.3 is 10.2 Å². The lowest BCUT2D eigenvalue weighted by molar-refractivity contribution is 0.405. The van der Waals surface area contributed by atoms with E-state index >= 15 is 0 Å². The molecule has 1 aromatic carbocycles. The molecule has 3 heterocycles. The minimum Gasteiger partial charge on any atom is -0.336 e. The van der Waals surface area contributed by atoms with Crippen LogP contribution >= 0.6 is 11.6 Å². The van der Waals surface area contributed by atoms with Crippen LogP contribution in [0.5, 0.6) is 0 Å². The van der Waals surface area contributed by atoms with Crippen LogP contribution in [-0.2, 0) is 7.05 Å². The second-order valence-corrected chi connectivity index (χ2v) is 7.52. The van der Waals surface area contributed by atoms with Gasteiger partial charge in [0, 0.05) is 61.3 Å². The summed E-state index contributed by atoms with van der Waals surface area (Å²) >= 11 is 6.03. The van der Waals surface area contributed by atoms with Crippen molar-refractivity contribution in [3.05, 3.63) is 75.8 Å². The largest absolute Gasteiger partial charge is 0.336 e. The van der Waals surface area contributed by atoms with Crippen LogP contribution in [0.25, 0.3) is 11.3 Å². The Morgan fingerprint density at radius 1 is 1.14 bits per heavy atom. The molecule has 0 bridgehead atoms. The van der Waals surface area contributed by atoms with Gasteiger partial charge >= 0.3 is 0 Å². The summed E-state index contributed by atoms with van der Waals surface area (Å²) in [5.41, 5.74) is 2.63. The highest BCUT2D eigenvalue weighted by Crippen LogP contribution is 2.26. The zero-order chi connectivity index (χ0) is 19.7. The van der Waals surface area contributed by atoms with Gasteiger partial charge in [0.05, 0.1) is 5.69 Å². The Morgan fingerprint density at radius 2 is 1.86 bits per heavy atom. The molecule has 0 spiro atoms. The number of halogens is 1. The second kappa shape index (κ2) is 7.73. The number of hydrogen-bond donors (Lipinski definition) is 1. The van der Waals surface area contributed by atoms with Crippen LogP contribution in [0.3, 0.4) is 0 Å². The van der Waals surface area contributed by atoms with Gasteiger partial charge in [0.25, 0.3) is 5.56 Å². The van der Waals surface area contributed by atoms with Crippen LogP contribution in [0, 0.1) is 0 Å². The summed E-state index contributed by atoms with van der Waals surface area (Å²) in [7, 11) is 1.77. The number of hydrogen-bond acceptors (Lipinski definition) is 5. The molecule has 6 nitrogen and oxygen atoms in total. The Labute approximate surface area is 168 Å². The molecule has 1 unspecified atom stereocenters. The summed E-state index contributed by atoms with van der Waals surface area (Å²) < 4.78 is 1.62. The SMILES string of the molecule is C[C@@H]1CNC(c2ccc(Cl)cc2)CN1c1nc(-c2ccncc2)cc(=O)n1C. The molecule has 4 rings (SSSR count). The van der Waals surface area contributed by atoms with Crippen LogP contribution in [0.4, 0.5) is 5.95 Å². The molecule has 2 atom stereocenters. The smallest absolute Gasteiger partial charge is 0.255 e. The van der Waals surface area contributed by atoms with Gasteiger partial charge in [-0.1, -0.05) is 23.7 Å². The fourth-order valence-electron chi connectivity index (χ4n) is 3.52. The summed E-state index contributed by atoms with van der Waals surface area (Å²) in [6.45, 7) is 3.64. The monoisotopic (exact) mass is 395 g/mol. The normalized spacial score (nSPS) is 19.6. The lowest BCUT2D eigenvalue weighted by Gasteiger charge is -2.40. The highest BCUT2D eigenvalue weighted by molar-refractivity contribution is 6.30. The Bertz CT molecular complexity index is 1020. The minimum absolute atomic E-state index is 0.0782. The van der Waals surface area contributed by atoms with Gasteiger partial charge in [-0.3, -0.25) is 14.3 Å². The molecule has 1 aliphatic rings. The first-order valence-electron chi connectivity index (χ1n) is 9.27. The van der Waals surface area contributed by atoms with Gasteiger partial charge in [-0.05, 0) is 36.8 Å². The standard InChI is InChI=1S/C21H22ClN5O/c1-14-12-24-19(15-3-5-17(22)6-4-15)13-27(14)21-25-18(11-20(28)26(21)2)16-7-9-23-10-8-16/h3-11,14,19,24H,12-13H2,1-2H3/t14-,19?/m1/s1. The number of piperazine rings is 1. The van der Waals surface area contributed by atoms with Gasteiger partial charge in [-0.2, -0.15) is 0 Å². The number of benzene rings is 1. The molecule has 2 aromatic heterocycles. The van der Waals surface area contributed by atoms with Crippen molar-refractivity contribution >= 4 is 17.5 Å². The van der Waals surface area contributed by atoms with E-state index in [1.54, 1.807) is 30.1 Å². The van der Waals surface area contributed by atoms with Gasteiger partial charge in [0.2, 0.25) is 5.95 Å². The lowest BCUT2D eigenvalue weighted by atomic mass is 10.0. The number of pyridine rings is 1. The summed E-state index contributed by atoms with van der Waals surface area (Å²) in [4.78, 5) is 23.7. The van der Waals surface area contributed by atoms with Crippen molar-refractivity contribution in [2.45, 2.75) is 19.0 Å². The molecule has 0 amide bonds. The molecular weight excluding hydrogens is 374 g/mol. The molecule has 1 N–H and O–H groups in total. The van der Waals surface area contributed by atoms with Crippen molar-refractivity contribution in [2.75, 3.05) is 18.0 Å². The molecule has 144 valence electrons. The molecular formula is C21H22ClN5O. The van der Waals surface area contributed by atoms with Crippen molar-refractivity contribution in [3.8, 4) is 11.3 Å². The second-order valence-electron chi connectivity index (χ2n) is 7.09. The molecule has 0 aliphatic carbocycles. The van der Waals surface area contributed by atoms with Crippen molar-refractivity contribution in [3.63, 3.8) is 0 Å². The van der Waals surface area contributed by atoms with Crippen LogP contribution in [0.1, 0.15) is 18.5 Å². The summed E-state index contributed by atoms with van der Waals surface area (Å²) in [5.74, 6) is 0.673. The maximum atomic E-state index is 12.6. The quantitative estimate of drug-likeness (QED) is 0.738. The zero-order valence-electron chi connectivity index (χ0n) is 15.8. The first-order chi connectivity index (χ1) is 13.5. The van der Waals surface area contributed by atoms with E-state index in [0.29, 0.717) is 18.2 Å². The number of rotatable bonds is 3. The fraction of sp³-hybridized carbons (Fsp3) is 0.286. The molecule has 1 aliphatic heterocycles. The zero-order valence-corrected chi connectivity index (χ0v) is 16.6. The first-order valence-corrected chi connectivity index (χ1v) is 9.64. The molecule has 1 fully saturated rings. The minimum atomic E-state index is -0.0782. The maximum absolute atomic E-state index is 12.6. The van der Waals surface area contributed by atoms with Crippen LogP contribution in [0.2, 0.25) is 5.02 Å². The maximum Gasteiger partial charge on any atom is 0.255 e. The highest BCUT2D eigenvalue weighted by atomic mass is 35.5. The van der Waals surface area contributed by atoms with Crippen molar-refractivity contribution in [2.24, 2.45) is 7.05 Å². The lowest BCUT2D eigenvalue weighted by Crippen LogP contribution is -2.53. The van der Waals surface area contributed by atoms with Gasteiger partial charge in [-0.15, -0.1) is 0 Å². The molecule has 0 saturated carbocycles. The number of nitrogens with one attached hydrogen (secondary N) is 1. The topological polar surface area (TPSA) is 63.0 Å². The van der Waals surface area contributed by atoms with E-state index in [-0.39, 0.29) is 17.6 Å². The molecule has 7 heteroatoms. The summed E-state index contributed by atoms with van der Waals surface area (Å²) in [6.07, 6.45) is 3.41. The Hall–Kier alpha value is -2.70. The Balaban J connectivity index is 1.71. The third-order valence-electron chi connectivity index (χ3n) is 5.19. The van der Waals surface area contributed by atoms with E-state index in [4.69, 9.17) is 16.6 Å². The highest BCUT2D eigenvalue weighted by Gasteiger charge is 2.29. The third-order valence-corrected chi connectivity index (χ3v) is 5.44. The van der Waals surface area contributed by atoms with Crippen molar-refractivity contribution < 1.29 is 0 Å². The van der Waals surface area contributed by atoms with E-state index in [0.717, 1.165) is 22.7 Å². The third kappa shape index (κ3) is 3.66. The number of nitrogens with zero attached hydrogens (tertiary/aromatic N) is 4. The summed E-state index contributed by atoms with van der Waals surface area (Å²) in [6, 6.07) is 13.5. The van der Waals surface area contributed by atoms with Crippen LogP contribution < -0.4 is 15.8 Å². The molecule has 28 heavy (non-hydrogen) atoms.